The van der Waals surface area contributed by atoms with Gasteiger partial charge in [0.2, 0.25) is 0 Å². The van der Waals surface area contributed by atoms with Crippen molar-refractivity contribution >= 4 is 5.97 Å². The molecule has 1 rings (SSSR count). The fraction of sp³-hybridized carbons (Fsp3) is 0.917. The van der Waals surface area contributed by atoms with Gasteiger partial charge in [-0.15, -0.1) is 0 Å². The summed E-state index contributed by atoms with van der Waals surface area (Å²) in [5.74, 6) is -0.719. The van der Waals surface area contributed by atoms with E-state index < -0.39 is 29.8 Å². The number of alkyl halides is 3. The minimum absolute atomic E-state index is 0.117. The van der Waals surface area contributed by atoms with Crippen molar-refractivity contribution in [1.29, 1.82) is 0 Å². The highest BCUT2D eigenvalue weighted by atomic mass is 19.4. The molecule has 0 aromatic carbocycles. The highest BCUT2D eigenvalue weighted by Crippen LogP contribution is 2.51. The van der Waals surface area contributed by atoms with Crippen molar-refractivity contribution in [3.63, 3.8) is 0 Å². The summed E-state index contributed by atoms with van der Waals surface area (Å²) in [4.78, 5) is 11.3. The monoisotopic (exact) mass is 268 g/mol. The van der Waals surface area contributed by atoms with Crippen molar-refractivity contribution in [3.05, 3.63) is 0 Å². The average Bonchev–Trinajstić information content (AvgIpc) is 2.24. The molecule has 0 aliphatic carbocycles. The first-order chi connectivity index (χ1) is 8.13. The van der Waals surface area contributed by atoms with Crippen molar-refractivity contribution in [2.45, 2.75) is 52.5 Å². The first kappa shape index (κ1) is 15.3. The maximum Gasteiger partial charge on any atom is 0.415 e. The van der Waals surface area contributed by atoms with E-state index in [-0.39, 0.29) is 12.5 Å². The summed E-state index contributed by atoms with van der Waals surface area (Å²) in [6.45, 7) is 6.41. The number of ether oxygens (including phenoxy) is 2. The van der Waals surface area contributed by atoms with Crippen molar-refractivity contribution in [1.82, 2.24) is 0 Å². The van der Waals surface area contributed by atoms with Gasteiger partial charge in [-0.3, -0.25) is 4.79 Å². The second-order valence-corrected chi connectivity index (χ2v) is 5.19. The molecule has 3 unspecified atom stereocenters. The largest absolute Gasteiger partial charge is 0.463 e. The molecule has 3 nitrogen and oxygen atoms in total. The predicted molar refractivity (Wildman–Crippen MR) is 58.9 cm³/mol. The fourth-order valence-corrected chi connectivity index (χ4v) is 1.99. The summed E-state index contributed by atoms with van der Waals surface area (Å²) in [5, 5.41) is 0. The molecule has 0 aromatic rings. The highest BCUT2D eigenvalue weighted by molar-refractivity contribution is 5.71. The van der Waals surface area contributed by atoms with E-state index in [1.54, 1.807) is 20.8 Å². The average molecular weight is 268 g/mol. The predicted octanol–water partition coefficient (Wildman–Crippen LogP) is 2.93. The summed E-state index contributed by atoms with van der Waals surface area (Å²) < 4.78 is 47.7. The molecule has 1 aliphatic heterocycles. The molecule has 18 heavy (non-hydrogen) atoms. The molecule has 0 spiro atoms. The van der Waals surface area contributed by atoms with Gasteiger partial charge in [0, 0.05) is 5.41 Å². The zero-order valence-corrected chi connectivity index (χ0v) is 11.0. The minimum Gasteiger partial charge on any atom is -0.463 e. The third-order valence-electron chi connectivity index (χ3n) is 3.54. The van der Waals surface area contributed by atoms with Crippen LogP contribution in [-0.2, 0) is 14.3 Å². The maximum absolute atomic E-state index is 12.7. The second-order valence-electron chi connectivity index (χ2n) is 5.19. The molecule has 1 aliphatic rings. The van der Waals surface area contributed by atoms with Crippen LogP contribution in [0.4, 0.5) is 13.2 Å². The first-order valence-electron chi connectivity index (χ1n) is 6.01. The number of esters is 1. The van der Waals surface area contributed by atoms with E-state index in [2.05, 4.69) is 0 Å². The molecule has 0 bridgehead atoms. The summed E-state index contributed by atoms with van der Waals surface area (Å²) in [7, 11) is 0. The van der Waals surface area contributed by atoms with Crippen LogP contribution in [0, 0.1) is 11.3 Å². The Hall–Kier alpha value is -0.780. The maximum atomic E-state index is 12.7. The van der Waals surface area contributed by atoms with E-state index >= 15 is 0 Å². The van der Waals surface area contributed by atoms with Gasteiger partial charge in [-0.1, -0.05) is 27.7 Å². The standard InChI is InChI=1S/C12H19F3O3/c1-5-11(4)8(6-17-9(16)7(2)3)18-10(11)12(13,14)15/h7-8,10H,5-6H2,1-4H3. The van der Waals surface area contributed by atoms with Crippen LogP contribution in [0.25, 0.3) is 0 Å². The lowest BCUT2D eigenvalue weighted by Gasteiger charge is -2.53. The van der Waals surface area contributed by atoms with E-state index in [0.29, 0.717) is 6.42 Å². The van der Waals surface area contributed by atoms with Crippen molar-refractivity contribution in [2.24, 2.45) is 11.3 Å². The van der Waals surface area contributed by atoms with Crippen LogP contribution in [0.3, 0.4) is 0 Å². The van der Waals surface area contributed by atoms with E-state index in [1.165, 1.54) is 6.92 Å². The normalized spacial score (nSPS) is 32.2. The molecular formula is C12H19F3O3. The van der Waals surface area contributed by atoms with Gasteiger partial charge in [0.15, 0.2) is 6.10 Å². The Bertz CT molecular complexity index is 314. The summed E-state index contributed by atoms with van der Waals surface area (Å²) in [6, 6.07) is 0. The van der Waals surface area contributed by atoms with Gasteiger partial charge >= 0.3 is 12.1 Å². The molecule has 1 heterocycles. The van der Waals surface area contributed by atoms with E-state index in [4.69, 9.17) is 9.47 Å². The number of rotatable bonds is 4. The summed E-state index contributed by atoms with van der Waals surface area (Å²) in [6.07, 6.45) is -6.50. The molecule has 3 atom stereocenters. The third-order valence-corrected chi connectivity index (χ3v) is 3.54. The lowest BCUT2D eigenvalue weighted by molar-refractivity contribution is -0.358. The Morgan fingerprint density at radius 3 is 2.39 bits per heavy atom. The van der Waals surface area contributed by atoms with Gasteiger partial charge in [-0.25, -0.2) is 0 Å². The van der Waals surface area contributed by atoms with Crippen LogP contribution in [0.2, 0.25) is 0 Å². The van der Waals surface area contributed by atoms with Crippen LogP contribution < -0.4 is 0 Å². The van der Waals surface area contributed by atoms with E-state index in [0.717, 1.165) is 0 Å². The first-order valence-corrected chi connectivity index (χ1v) is 6.01. The van der Waals surface area contributed by atoms with E-state index in [9.17, 15) is 18.0 Å². The molecule has 106 valence electrons. The number of carbonyl (C=O) groups excluding carboxylic acids is 1. The van der Waals surface area contributed by atoms with Crippen molar-refractivity contribution < 1.29 is 27.4 Å². The molecule has 6 heteroatoms. The topological polar surface area (TPSA) is 35.5 Å². The van der Waals surface area contributed by atoms with Crippen molar-refractivity contribution in [3.8, 4) is 0 Å². The fourth-order valence-electron chi connectivity index (χ4n) is 1.99. The van der Waals surface area contributed by atoms with Crippen LogP contribution in [0.1, 0.15) is 34.1 Å². The second kappa shape index (κ2) is 5.07. The molecule has 0 amide bonds. The highest BCUT2D eigenvalue weighted by Gasteiger charge is 2.63. The number of hydrogen-bond acceptors (Lipinski definition) is 3. The lowest BCUT2D eigenvalue weighted by atomic mass is 9.71. The molecule has 1 fully saturated rings. The number of halogens is 3. The number of carbonyl (C=O) groups is 1. The minimum atomic E-state index is -4.37. The Labute approximate surface area is 105 Å². The summed E-state index contributed by atoms with van der Waals surface area (Å²) >= 11 is 0. The Morgan fingerprint density at radius 1 is 1.44 bits per heavy atom. The van der Waals surface area contributed by atoms with Gasteiger partial charge in [-0.2, -0.15) is 13.2 Å². The smallest absolute Gasteiger partial charge is 0.415 e. The molecule has 0 N–H and O–H groups in total. The van der Waals surface area contributed by atoms with E-state index in [1.807, 2.05) is 0 Å². The van der Waals surface area contributed by atoms with Crippen LogP contribution in [0.5, 0.6) is 0 Å². The quantitative estimate of drug-likeness (QED) is 0.735. The van der Waals surface area contributed by atoms with Gasteiger partial charge in [0.05, 0.1) is 5.92 Å². The van der Waals surface area contributed by atoms with Crippen LogP contribution in [0.15, 0.2) is 0 Å². The third kappa shape index (κ3) is 2.79. The number of hydrogen-bond donors (Lipinski definition) is 0. The van der Waals surface area contributed by atoms with Gasteiger partial charge in [-0.05, 0) is 6.42 Å². The van der Waals surface area contributed by atoms with Crippen LogP contribution in [-0.4, -0.2) is 31.0 Å². The zero-order valence-electron chi connectivity index (χ0n) is 11.0. The SMILES string of the molecule is CCC1(C)C(COC(=O)C(C)C)OC1C(F)(F)F. The molecular weight excluding hydrogens is 249 g/mol. The molecule has 1 saturated heterocycles. The Kier molecular flexibility index (Phi) is 4.30. The van der Waals surface area contributed by atoms with Crippen molar-refractivity contribution in [2.75, 3.05) is 6.61 Å². The summed E-state index contributed by atoms with van der Waals surface area (Å²) in [5.41, 5.74) is -1.02. The zero-order chi connectivity index (χ0) is 14.1. The Morgan fingerprint density at radius 2 is 2.00 bits per heavy atom. The molecule has 0 saturated carbocycles. The molecule has 0 aromatic heterocycles. The Balaban J connectivity index is 2.58. The van der Waals surface area contributed by atoms with Crippen LogP contribution >= 0.6 is 0 Å². The van der Waals surface area contributed by atoms with Gasteiger partial charge in [0.1, 0.15) is 12.7 Å². The van der Waals surface area contributed by atoms with Gasteiger partial charge < -0.3 is 9.47 Å². The lowest BCUT2D eigenvalue weighted by Crippen LogP contribution is -2.65. The van der Waals surface area contributed by atoms with Gasteiger partial charge in [0.25, 0.3) is 0 Å². The molecule has 0 radical (unpaired) electrons.